The lowest BCUT2D eigenvalue weighted by atomic mass is 10.0. The SMILES string of the molecule is CC/C=C\C/C=C\C/C=C\C/C=C\C=C/C(O)C/C=C\CCC(=O)O[C@H](CO/C=C/CCCCCCCCCCCCCCCC)COP(=O)(O)OCCN. The summed E-state index contributed by atoms with van der Waals surface area (Å²) in [4.78, 5) is 22.4. The second-order valence-corrected chi connectivity index (χ2v) is 15.2. The minimum absolute atomic E-state index is 0.0362. The predicted molar refractivity (Wildman–Crippen MR) is 230 cm³/mol. The first kappa shape index (κ1) is 52.5. The Morgan fingerprint density at radius 1 is 0.673 bits per heavy atom. The zero-order chi connectivity index (χ0) is 40.3. The van der Waals surface area contributed by atoms with Crippen LogP contribution in [-0.4, -0.2) is 54.5 Å². The molecular formula is C45H78NO8P. The lowest BCUT2D eigenvalue weighted by Gasteiger charge is -2.19. The molecule has 0 amide bonds. The molecule has 3 atom stereocenters. The smallest absolute Gasteiger partial charge is 0.472 e. The molecule has 10 heteroatoms. The summed E-state index contributed by atoms with van der Waals surface area (Å²) in [5.74, 6) is -0.497. The maximum absolute atomic E-state index is 12.5. The van der Waals surface area contributed by atoms with E-state index in [1.165, 1.54) is 83.5 Å². The van der Waals surface area contributed by atoms with Crippen LogP contribution in [-0.2, 0) is 27.9 Å². The van der Waals surface area contributed by atoms with Crippen LogP contribution in [0.4, 0.5) is 0 Å². The Morgan fingerprint density at radius 3 is 1.85 bits per heavy atom. The molecule has 55 heavy (non-hydrogen) atoms. The highest BCUT2D eigenvalue weighted by Crippen LogP contribution is 2.43. The van der Waals surface area contributed by atoms with E-state index in [0.29, 0.717) is 12.8 Å². The topological polar surface area (TPSA) is 138 Å². The van der Waals surface area contributed by atoms with Crippen molar-refractivity contribution < 1.29 is 37.9 Å². The molecule has 4 N–H and O–H groups in total. The van der Waals surface area contributed by atoms with Crippen molar-refractivity contribution >= 4 is 13.8 Å². The van der Waals surface area contributed by atoms with Gasteiger partial charge in [-0.05, 0) is 57.4 Å². The maximum atomic E-state index is 12.5. The highest BCUT2D eigenvalue weighted by Gasteiger charge is 2.25. The van der Waals surface area contributed by atoms with E-state index in [1.54, 1.807) is 12.3 Å². The van der Waals surface area contributed by atoms with Crippen molar-refractivity contribution in [3.05, 3.63) is 85.3 Å². The number of carbonyl (C=O) groups is 1. The third-order valence-electron chi connectivity index (χ3n) is 8.48. The number of phosphoric ester groups is 1. The molecule has 0 aromatic carbocycles. The third-order valence-corrected chi connectivity index (χ3v) is 9.47. The van der Waals surface area contributed by atoms with Crippen LogP contribution in [0.5, 0.6) is 0 Å². The van der Waals surface area contributed by atoms with Crippen LogP contribution in [0.2, 0.25) is 0 Å². The van der Waals surface area contributed by atoms with Gasteiger partial charge in [0.2, 0.25) is 0 Å². The zero-order valence-corrected chi connectivity index (χ0v) is 35.4. The van der Waals surface area contributed by atoms with Gasteiger partial charge in [-0.3, -0.25) is 13.8 Å². The number of ether oxygens (including phenoxy) is 2. The first-order valence-electron chi connectivity index (χ1n) is 21.2. The zero-order valence-electron chi connectivity index (χ0n) is 34.5. The summed E-state index contributed by atoms with van der Waals surface area (Å²) >= 11 is 0. The van der Waals surface area contributed by atoms with Crippen molar-refractivity contribution in [1.29, 1.82) is 0 Å². The minimum atomic E-state index is -4.34. The van der Waals surface area contributed by atoms with Crippen LogP contribution in [0, 0.1) is 0 Å². The summed E-state index contributed by atoms with van der Waals surface area (Å²) < 4.78 is 33.0. The van der Waals surface area contributed by atoms with Crippen molar-refractivity contribution in [3.63, 3.8) is 0 Å². The fourth-order valence-electron chi connectivity index (χ4n) is 5.37. The second-order valence-electron chi connectivity index (χ2n) is 13.7. The Bertz CT molecular complexity index is 1130. The van der Waals surface area contributed by atoms with E-state index in [4.69, 9.17) is 24.3 Å². The van der Waals surface area contributed by atoms with Crippen LogP contribution in [0.25, 0.3) is 0 Å². The summed E-state index contributed by atoms with van der Waals surface area (Å²) in [6.07, 6.45) is 50.1. The number of aliphatic hydroxyl groups is 1. The lowest BCUT2D eigenvalue weighted by molar-refractivity contribution is -0.153. The number of nitrogens with two attached hydrogens (primary N) is 1. The monoisotopic (exact) mass is 792 g/mol. The van der Waals surface area contributed by atoms with Crippen molar-refractivity contribution in [2.75, 3.05) is 26.4 Å². The summed E-state index contributed by atoms with van der Waals surface area (Å²) in [6, 6.07) is 0. The number of allylic oxidation sites excluding steroid dienone is 11. The Labute approximate surface area is 335 Å². The van der Waals surface area contributed by atoms with Gasteiger partial charge in [0.05, 0.1) is 25.6 Å². The first-order chi connectivity index (χ1) is 26.8. The molecule has 0 fully saturated rings. The van der Waals surface area contributed by atoms with Gasteiger partial charge in [-0.2, -0.15) is 0 Å². The molecule has 0 aromatic heterocycles. The molecule has 0 aliphatic carbocycles. The Hall–Kier alpha value is -2.52. The number of rotatable bonds is 39. The van der Waals surface area contributed by atoms with Crippen molar-refractivity contribution in [3.8, 4) is 0 Å². The molecule has 0 bridgehead atoms. The minimum Gasteiger partial charge on any atom is -0.498 e. The van der Waals surface area contributed by atoms with E-state index >= 15 is 0 Å². The van der Waals surface area contributed by atoms with Gasteiger partial charge >= 0.3 is 13.8 Å². The maximum Gasteiger partial charge on any atom is 0.472 e. The first-order valence-corrected chi connectivity index (χ1v) is 22.7. The van der Waals surface area contributed by atoms with Crippen molar-refractivity contribution in [1.82, 2.24) is 0 Å². The van der Waals surface area contributed by atoms with Crippen LogP contribution >= 0.6 is 7.82 Å². The van der Waals surface area contributed by atoms with E-state index in [0.717, 1.165) is 38.5 Å². The lowest BCUT2D eigenvalue weighted by Crippen LogP contribution is -2.27. The molecular weight excluding hydrogens is 713 g/mol. The molecule has 2 unspecified atom stereocenters. The molecule has 0 saturated carbocycles. The van der Waals surface area contributed by atoms with E-state index in [2.05, 4.69) is 50.3 Å². The molecule has 0 aliphatic rings. The molecule has 0 saturated heterocycles. The second kappa shape index (κ2) is 41.1. The van der Waals surface area contributed by atoms with E-state index < -0.39 is 26.0 Å². The number of carbonyl (C=O) groups excluding carboxylic acids is 1. The average Bonchev–Trinajstić information content (AvgIpc) is 3.17. The Kier molecular flexibility index (Phi) is 39.2. The molecule has 0 aromatic rings. The van der Waals surface area contributed by atoms with E-state index in [-0.39, 0.29) is 32.8 Å². The Balaban J connectivity index is 4.34. The highest BCUT2D eigenvalue weighted by molar-refractivity contribution is 7.47. The summed E-state index contributed by atoms with van der Waals surface area (Å²) in [7, 11) is -4.34. The van der Waals surface area contributed by atoms with Gasteiger partial charge in [0.25, 0.3) is 0 Å². The number of aliphatic hydroxyl groups excluding tert-OH is 1. The number of unbranched alkanes of at least 4 members (excludes halogenated alkanes) is 14. The van der Waals surface area contributed by atoms with Gasteiger partial charge in [-0.15, -0.1) is 0 Å². The molecule has 0 heterocycles. The third kappa shape index (κ3) is 40.9. The molecule has 9 nitrogen and oxygen atoms in total. The van der Waals surface area contributed by atoms with Gasteiger partial charge in [-0.1, -0.05) is 170 Å². The Morgan fingerprint density at radius 2 is 1.25 bits per heavy atom. The largest absolute Gasteiger partial charge is 0.498 e. The predicted octanol–water partition coefficient (Wildman–Crippen LogP) is 11.8. The van der Waals surface area contributed by atoms with Gasteiger partial charge < -0.3 is 25.2 Å². The number of esters is 1. The summed E-state index contributed by atoms with van der Waals surface area (Å²) in [5, 5.41) is 10.2. The van der Waals surface area contributed by atoms with Gasteiger partial charge in [-0.25, -0.2) is 4.57 Å². The number of phosphoric acid groups is 1. The molecule has 316 valence electrons. The van der Waals surface area contributed by atoms with Crippen LogP contribution in [0.1, 0.15) is 155 Å². The van der Waals surface area contributed by atoms with E-state index in [9.17, 15) is 19.4 Å². The highest BCUT2D eigenvalue weighted by atomic mass is 31.2. The van der Waals surface area contributed by atoms with Gasteiger partial charge in [0, 0.05) is 13.0 Å². The van der Waals surface area contributed by atoms with Crippen LogP contribution in [0.15, 0.2) is 85.3 Å². The van der Waals surface area contributed by atoms with Gasteiger partial charge in [0.15, 0.2) is 6.10 Å². The van der Waals surface area contributed by atoms with Crippen LogP contribution < -0.4 is 5.73 Å². The van der Waals surface area contributed by atoms with E-state index in [1.807, 2.05) is 36.5 Å². The molecule has 0 rings (SSSR count). The fraction of sp³-hybridized carbons (Fsp3) is 0.667. The quantitative estimate of drug-likeness (QED) is 0.0139. The molecule has 0 radical (unpaired) electrons. The summed E-state index contributed by atoms with van der Waals surface area (Å²) in [6.45, 7) is 3.91. The molecule has 0 aliphatic heterocycles. The number of hydrogen-bond acceptors (Lipinski definition) is 8. The van der Waals surface area contributed by atoms with Crippen molar-refractivity contribution in [2.45, 2.75) is 167 Å². The molecule has 0 spiro atoms. The van der Waals surface area contributed by atoms with Gasteiger partial charge in [0.1, 0.15) is 6.61 Å². The fourth-order valence-corrected chi connectivity index (χ4v) is 6.13. The summed E-state index contributed by atoms with van der Waals surface area (Å²) in [5.41, 5.74) is 5.35. The standard InChI is InChI=1S/C45H78NO8P/c1-3-5-7-9-11-13-15-17-18-19-21-23-25-27-29-34-39-51-41-44(42-53-55(49,50)52-40-38-46)54-45(48)37-33-30-32-36-43(47)35-31-28-26-24-22-20-16-14-12-10-8-6-4-2/h6,8,12,14,20,22,26,28,30-32,34-35,39,43-44,47H,3-5,7,9-11,13,15-19,21,23-25,27,29,33,36-38,40-42,46H2,1-2H3,(H,49,50)/b8-6-,14-12-,22-20-,28-26-,32-30-,35-31-,39-34+/t43?,44-/m1/s1. The van der Waals surface area contributed by atoms with Crippen LogP contribution in [0.3, 0.4) is 0 Å². The van der Waals surface area contributed by atoms with Crippen molar-refractivity contribution in [2.24, 2.45) is 5.73 Å². The normalized spacial score (nSPS) is 14.9. The average molecular weight is 792 g/mol. The number of hydrogen-bond donors (Lipinski definition) is 3.